The molecule has 11 nitrogen and oxygen atoms in total. The number of ether oxygens (including phenoxy) is 1. The lowest BCUT2D eigenvalue weighted by molar-refractivity contribution is -0.384. The first-order valence-electron chi connectivity index (χ1n) is 8.87. The predicted molar refractivity (Wildman–Crippen MR) is 109 cm³/mol. The molecule has 12 heteroatoms. The fourth-order valence-corrected chi connectivity index (χ4v) is 2.72. The highest BCUT2D eigenvalue weighted by molar-refractivity contribution is 6.31. The van der Waals surface area contributed by atoms with Crippen molar-refractivity contribution in [3.63, 3.8) is 0 Å². The van der Waals surface area contributed by atoms with Gasteiger partial charge >= 0.3 is 11.8 Å². The maximum atomic E-state index is 12.3. The van der Waals surface area contributed by atoms with Crippen LogP contribution in [0.1, 0.15) is 21.0 Å². The lowest BCUT2D eigenvalue weighted by Crippen LogP contribution is -2.35. The number of hydrogen-bond donors (Lipinski definition) is 2. The average Bonchev–Trinajstić information content (AvgIpc) is 3.27. The first-order valence-corrected chi connectivity index (χ1v) is 9.25. The molecule has 2 amide bonds. The van der Waals surface area contributed by atoms with Gasteiger partial charge in [0.1, 0.15) is 5.75 Å². The predicted octanol–water partition coefficient (Wildman–Crippen LogP) is 2.47. The van der Waals surface area contributed by atoms with Gasteiger partial charge in [-0.1, -0.05) is 16.8 Å². The van der Waals surface area contributed by atoms with Crippen LogP contribution in [-0.2, 0) is 0 Å². The largest absolute Gasteiger partial charge is 0.496 e. The molecule has 0 unspecified atom stereocenters. The standard InChI is InChI=1S/C19H16ClN5O6/c1-30-15-7-4-12(20)10-14(15)17(26)21-8-9-22-18(27)19-23-16(24-31-19)11-2-5-13(6-3-11)25(28)29/h2-7,10H,8-9H2,1H3,(H,21,26)(H,22,27). The lowest BCUT2D eigenvalue weighted by Gasteiger charge is -2.09. The normalized spacial score (nSPS) is 10.4. The smallest absolute Gasteiger partial charge is 0.316 e. The van der Waals surface area contributed by atoms with E-state index in [4.69, 9.17) is 20.9 Å². The molecule has 0 atom stereocenters. The average molecular weight is 446 g/mol. The van der Waals surface area contributed by atoms with Crippen molar-refractivity contribution in [2.75, 3.05) is 20.2 Å². The number of nitro groups is 1. The lowest BCUT2D eigenvalue weighted by atomic mass is 10.2. The molecule has 0 fully saturated rings. The molecule has 1 heterocycles. The van der Waals surface area contributed by atoms with Crippen molar-refractivity contribution in [3.05, 3.63) is 69.1 Å². The minimum absolute atomic E-state index is 0.0809. The Hall–Kier alpha value is -3.99. The Labute approximate surface area is 180 Å². The Morgan fingerprint density at radius 3 is 2.45 bits per heavy atom. The second-order valence-electron chi connectivity index (χ2n) is 6.08. The molecule has 0 radical (unpaired) electrons. The molecule has 0 saturated heterocycles. The van der Waals surface area contributed by atoms with Gasteiger partial charge in [-0.05, 0) is 30.3 Å². The van der Waals surface area contributed by atoms with E-state index in [1.807, 2.05) is 0 Å². The van der Waals surface area contributed by atoms with Crippen LogP contribution < -0.4 is 15.4 Å². The van der Waals surface area contributed by atoms with E-state index in [2.05, 4.69) is 20.8 Å². The van der Waals surface area contributed by atoms with E-state index in [-0.39, 0.29) is 36.1 Å². The number of amides is 2. The van der Waals surface area contributed by atoms with Crippen LogP contribution in [0.5, 0.6) is 5.75 Å². The van der Waals surface area contributed by atoms with Gasteiger partial charge in [0, 0.05) is 35.8 Å². The summed E-state index contributed by atoms with van der Waals surface area (Å²) < 4.78 is 10.1. The van der Waals surface area contributed by atoms with Crippen molar-refractivity contribution in [2.45, 2.75) is 0 Å². The van der Waals surface area contributed by atoms with Gasteiger partial charge in [-0.2, -0.15) is 4.98 Å². The van der Waals surface area contributed by atoms with Crippen LogP contribution in [0, 0.1) is 10.1 Å². The van der Waals surface area contributed by atoms with E-state index in [0.717, 1.165) is 0 Å². The third kappa shape index (κ3) is 5.34. The van der Waals surface area contributed by atoms with Crippen molar-refractivity contribution in [3.8, 4) is 17.1 Å². The third-order valence-electron chi connectivity index (χ3n) is 4.06. The van der Waals surface area contributed by atoms with Crippen LogP contribution in [0.3, 0.4) is 0 Å². The summed E-state index contributed by atoms with van der Waals surface area (Å²) in [4.78, 5) is 38.6. The second-order valence-corrected chi connectivity index (χ2v) is 6.52. The minimum Gasteiger partial charge on any atom is -0.496 e. The van der Waals surface area contributed by atoms with Crippen LogP contribution in [0.4, 0.5) is 5.69 Å². The highest BCUT2D eigenvalue weighted by Gasteiger charge is 2.17. The quantitative estimate of drug-likeness (QED) is 0.305. The third-order valence-corrected chi connectivity index (χ3v) is 4.29. The number of carbonyl (C=O) groups is 2. The number of hydrogen-bond acceptors (Lipinski definition) is 8. The number of nitrogens with one attached hydrogen (secondary N) is 2. The minimum atomic E-state index is -0.629. The van der Waals surface area contributed by atoms with Gasteiger partial charge in [0.2, 0.25) is 5.82 Å². The number of nitrogens with zero attached hydrogens (tertiary/aromatic N) is 3. The monoisotopic (exact) mass is 445 g/mol. The topological polar surface area (TPSA) is 149 Å². The number of rotatable bonds is 8. The van der Waals surface area contributed by atoms with E-state index < -0.39 is 16.7 Å². The van der Waals surface area contributed by atoms with Gasteiger partial charge in [-0.25, -0.2) is 0 Å². The van der Waals surface area contributed by atoms with E-state index in [1.54, 1.807) is 12.1 Å². The Bertz CT molecular complexity index is 1120. The molecule has 0 saturated carbocycles. The number of halogens is 1. The number of non-ortho nitro benzene ring substituents is 1. The van der Waals surface area contributed by atoms with E-state index >= 15 is 0 Å². The molecule has 2 aromatic carbocycles. The number of aromatic nitrogens is 2. The summed E-state index contributed by atoms with van der Waals surface area (Å²) in [6.07, 6.45) is 0. The second kappa shape index (κ2) is 9.67. The van der Waals surface area contributed by atoms with Crippen molar-refractivity contribution in [1.82, 2.24) is 20.8 Å². The zero-order valence-corrected chi connectivity index (χ0v) is 16.9. The highest BCUT2D eigenvalue weighted by atomic mass is 35.5. The van der Waals surface area contributed by atoms with Crippen LogP contribution >= 0.6 is 11.6 Å². The van der Waals surface area contributed by atoms with Gasteiger partial charge in [-0.15, -0.1) is 0 Å². The summed E-state index contributed by atoms with van der Waals surface area (Å²) in [6, 6.07) is 10.1. The Kier molecular flexibility index (Phi) is 6.78. The fourth-order valence-electron chi connectivity index (χ4n) is 2.55. The molecule has 3 rings (SSSR count). The summed E-state index contributed by atoms with van der Waals surface area (Å²) >= 11 is 5.91. The van der Waals surface area contributed by atoms with Crippen molar-refractivity contribution >= 4 is 29.1 Å². The zero-order valence-electron chi connectivity index (χ0n) is 16.1. The molecule has 31 heavy (non-hydrogen) atoms. The van der Waals surface area contributed by atoms with Crippen LogP contribution in [-0.4, -0.2) is 47.1 Å². The van der Waals surface area contributed by atoms with Crippen LogP contribution in [0.25, 0.3) is 11.4 Å². The first-order chi connectivity index (χ1) is 14.9. The molecule has 160 valence electrons. The van der Waals surface area contributed by atoms with Gasteiger partial charge < -0.3 is 19.9 Å². The fraction of sp³-hybridized carbons (Fsp3) is 0.158. The van der Waals surface area contributed by atoms with Gasteiger partial charge in [-0.3, -0.25) is 19.7 Å². The molecule has 0 aliphatic carbocycles. The molecule has 0 aliphatic heterocycles. The van der Waals surface area contributed by atoms with E-state index in [9.17, 15) is 19.7 Å². The molecular formula is C19H16ClN5O6. The van der Waals surface area contributed by atoms with Crippen molar-refractivity contribution in [1.29, 1.82) is 0 Å². The van der Waals surface area contributed by atoms with E-state index in [0.29, 0.717) is 16.3 Å². The first kappa shape index (κ1) is 21.7. The Balaban J connectivity index is 1.52. The maximum Gasteiger partial charge on any atom is 0.316 e. The Morgan fingerprint density at radius 2 is 1.81 bits per heavy atom. The number of carbonyl (C=O) groups excluding carboxylic acids is 2. The van der Waals surface area contributed by atoms with Crippen molar-refractivity contribution in [2.24, 2.45) is 0 Å². The number of methoxy groups -OCH3 is 1. The SMILES string of the molecule is COc1ccc(Cl)cc1C(=O)NCCNC(=O)c1nc(-c2ccc([N+](=O)[O-])cc2)no1. The van der Waals surface area contributed by atoms with E-state index in [1.165, 1.54) is 37.4 Å². The molecule has 3 aromatic rings. The highest BCUT2D eigenvalue weighted by Crippen LogP contribution is 2.22. The summed E-state index contributed by atoms with van der Waals surface area (Å²) in [6.45, 7) is 0.228. The zero-order chi connectivity index (χ0) is 22.4. The molecule has 1 aromatic heterocycles. The van der Waals surface area contributed by atoms with Crippen LogP contribution in [0.15, 0.2) is 47.0 Å². The summed E-state index contributed by atoms with van der Waals surface area (Å²) in [5, 5.41) is 20.0. The maximum absolute atomic E-state index is 12.3. The van der Waals surface area contributed by atoms with Gasteiger partial charge in [0.15, 0.2) is 0 Å². The van der Waals surface area contributed by atoms with Crippen molar-refractivity contribution < 1.29 is 23.8 Å². The molecular weight excluding hydrogens is 430 g/mol. The molecule has 0 aliphatic rings. The summed E-state index contributed by atoms with van der Waals surface area (Å²) in [7, 11) is 1.44. The summed E-state index contributed by atoms with van der Waals surface area (Å²) in [5.41, 5.74) is 0.643. The Morgan fingerprint density at radius 1 is 1.13 bits per heavy atom. The van der Waals surface area contributed by atoms with Gasteiger partial charge in [0.05, 0.1) is 17.6 Å². The summed E-state index contributed by atoms with van der Waals surface area (Å²) in [5.74, 6) is -0.838. The molecule has 0 spiro atoms. The molecule has 0 bridgehead atoms. The number of benzene rings is 2. The number of nitro benzene ring substituents is 1. The van der Waals surface area contributed by atoms with Gasteiger partial charge in [0.25, 0.3) is 11.6 Å². The molecule has 2 N–H and O–H groups in total. The van der Waals surface area contributed by atoms with Crippen LogP contribution in [0.2, 0.25) is 5.02 Å².